The van der Waals surface area contributed by atoms with Crippen molar-refractivity contribution in [2.45, 2.75) is 32.7 Å². The third-order valence-electron chi connectivity index (χ3n) is 4.95. The van der Waals surface area contributed by atoms with Crippen LogP contribution in [0.25, 0.3) is 0 Å². The van der Waals surface area contributed by atoms with Crippen molar-refractivity contribution in [3.8, 4) is 0 Å². The Hall–Kier alpha value is -2.73. The lowest BCUT2D eigenvalue weighted by Gasteiger charge is -2.34. The number of aliphatic imine (C=N–C) groups is 2. The van der Waals surface area contributed by atoms with E-state index in [4.69, 9.17) is 16.6 Å². The molecule has 2 aromatic rings. The summed E-state index contributed by atoms with van der Waals surface area (Å²) in [6, 6.07) is 11.7. The summed E-state index contributed by atoms with van der Waals surface area (Å²) in [6.45, 7) is 5.21. The largest absolute Gasteiger partial charge is 0.356 e. The average Bonchev–Trinajstić information content (AvgIpc) is 2.72. The van der Waals surface area contributed by atoms with Gasteiger partial charge >= 0.3 is 0 Å². The SMILES string of the molecule is CN=C(N=C(C)c1cccnc1N1CCC(NC(C)=O)CC1)c1cccc(Cl)c1. The molecule has 0 spiro atoms. The highest BCUT2D eigenvalue weighted by Gasteiger charge is 2.23. The van der Waals surface area contributed by atoms with Crippen LogP contribution in [0.4, 0.5) is 5.82 Å². The summed E-state index contributed by atoms with van der Waals surface area (Å²) < 4.78 is 0. The molecule has 0 unspecified atom stereocenters. The zero-order valence-corrected chi connectivity index (χ0v) is 17.8. The van der Waals surface area contributed by atoms with E-state index in [1.807, 2.05) is 43.3 Å². The van der Waals surface area contributed by atoms with Gasteiger partial charge < -0.3 is 10.2 Å². The Kier molecular flexibility index (Phi) is 6.99. The van der Waals surface area contributed by atoms with Gasteiger partial charge in [0.1, 0.15) is 5.82 Å². The fourth-order valence-corrected chi connectivity index (χ4v) is 3.74. The monoisotopic (exact) mass is 411 g/mol. The topological polar surface area (TPSA) is 70.0 Å². The fourth-order valence-electron chi connectivity index (χ4n) is 3.54. The molecule has 0 atom stereocenters. The zero-order valence-electron chi connectivity index (χ0n) is 17.0. The first-order chi connectivity index (χ1) is 14.0. The van der Waals surface area contributed by atoms with E-state index in [1.165, 1.54) is 0 Å². The number of amidine groups is 1. The maximum Gasteiger partial charge on any atom is 0.217 e. The number of piperidine rings is 1. The number of nitrogens with zero attached hydrogens (tertiary/aromatic N) is 4. The predicted octanol–water partition coefficient (Wildman–Crippen LogP) is 3.73. The van der Waals surface area contributed by atoms with E-state index < -0.39 is 0 Å². The van der Waals surface area contributed by atoms with Gasteiger partial charge in [0.2, 0.25) is 5.91 Å². The highest BCUT2D eigenvalue weighted by Crippen LogP contribution is 2.23. The number of amides is 1. The quantitative estimate of drug-likeness (QED) is 0.615. The van der Waals surface area contributed by atoms with E-state index in [0.29, 0.717) is 10.9 Å². The number of benzene rings is 1. The molecule has 1 saturated heterocycles. The van der Waals surface area contributed by atoms with Gasteiger partial charge in [-0.3, -0.25) is 9.79 Å². The summed E-state index contributed by atoms with van der Waals surface area (Å²) in [5.41, 5.74) is 2.70. The first-order valence-corrected chi connectivity index (χ1v) is 10.1. The van der Waals surface area contributed by atoms with Crippen molar-refractivity contribution in [3.63, 3.8) is 0 Å². The maximum absolute atomic E-state index is 11.3. The smallest absolute Gasteiger partial charge is 0.217 e. The standard InChI is InChI=1S/C22H26ClN5O/c1-15(26-21(24-3)17-6-4-7-18(23)14-17)20-8-5-11-25-22(20)28-12-9-19(10-13-28)27-16(2)29/h4-8,11,14,19H,9-10,12-13H2,1-3H3,(H,27,29). The lowest BCUT2D eigenvalue weighted by atomic mass is 10.0. The van der Waals surface area contributed by atoms with Gasteiger partial charge in [-0.2, -0.15) is 0 Å². The van der Waals surface area contributed by atoms with Crippen molar-refractivity contribution >= 4 is 34.9 Å². The molecule has 0 bridgehead atoms. The molecule has 1 aromatic carbocycles. The van der Waals surface area contributed by atoms with Gasteiger partial charge in [-0.05, 0) is 44.0 Å². The summed E-state index contributed by atoms with van der Waals surface area (Å²) in [4.78, 5) is 27.3. The van der Waals surface area contributed by atoms with Gasteiger partial charge in [0.05, 0.1) is 5.71 Å². The van der Waals surface area contributed by atoms with E-state index in [2.05, 4.69) is 20.2 Å². The van der Waals surface area contributed by atoms with Crippen LogP contribution < -0.4 is 10.2 Å². The van der Waals surface area contributed by atoms with Crippen LogP contribution in [0.1, 0.15) is 37.8 Å². The number of rotatable bonds is 4. The Morgan fingerprint density at radius 1 is 1.21 bits per heavy atom. The van der Waals surface area contributed by atoms with Gasteiger partial charge in [-0.25, -0.2) is 9.98 Å². The molecule has 0 radical (unpaired) electrons. The number of pyridine rings is 1. The molecule has 1 fully saturated rings. The predicted molar refractivity (Wildman–Crippen MR) is 119 cm³/mol. The van der Waals surface area contributed by atoms with Crippen molar-refractivity contribution in [2.24, 2.45) is 9.98 Å². The molecule has 1 aliphatic rings. The molecule has 3 rings (SSSR count). The van der Waals surface area contributed by atoms with E-state index >= 15 is 0 Å². The van der Waals surface area contributed by atoms with Crippen molar-refractivity contribution in [3.05, 3.63) is 58.7 Å². The molecule has 1 amide bonds. The van der Waals surface area contributed by atoms with Crippen LogP contribution in [-0.4, -0.2) is 48.6 Å². The zero-order chi connectivity index (χ0) is 20.8. The van der Waals surface area contributed by atoms with Crippen molar-refractivity contribution in [1.82, 2.24) is 10.3 Å². The fraction of sp³-hybridized carbons (Fsp3) is 0.364. The van der Waals surface area contributed by atoms with Crippen LogP contribution >= 0.6 is 11.6 Å². The van der Waals surface area contributed by atoms with E-state index in [1.54, 1.807) is 20.2 Å². The molecule has 0 saturated carbocycles. The second-order valence-electron chi connectivity index (χ2n) is 7.09. The highest BCUT2D eigenvalue weighted by molar-refractivity contribution is 6.31. The number of carbonyl (C=O) groups excluding carboxylic acids is 1. The molecule has 1 aromatic heterocycles. The van der Waals surface area contributed by atoms with E-state index in [-0.39, 0.29) is 11.9 Å². The number of nitrogens with one attached hydrogen (secondary N) is 1. The Balaban J connectivity index is 1.83. The van der Waals surface area contributed by atoms with Crippen molar-refractivity contribution < 1.29 is 4.79 Å². The van der Waals surface area contributed by atoms with Gasteiger partial charge in [0.15, 0.2) is 5.84 Å². The highest BCUT2D eigenvalue weighted by atomic mass is 35.5. The summed E-state index contributed by atoms with van der Waals surface area (Å²) in [5.74, 6) is 1.57. The molecule has 7 heteroatoms. The summed E-state index contributed by atoms with van der Waals surface area (Å²) in [7, 11) is 1.73. The lowest BCUT2D eigenvalue weighted by molar-refractivity contribution is -0.119. The maximum atomic E-state index is 11.3. The Morgan fingerprint density at radius 2 is 1.97 bits per heavy atom. The van der Waals surface area contributed by atoms with Crippen LogP contribution in [-0.2, 0) is 4.79 Å². The van der Waals surface area contributed by atoms with E-state index in [0.717, 1.165) is 48.6 Å². The molecule has 152 valence electrons. The van der Waals surface area contributed by atoms with Gasteiger partial charge in [-0.1, -0.05) is 23.7 Å². The Bertz CT molecular complexity index is 932. The molecule has 1 N–H and O–H groups in total. The number of carbonyl (C=O) groups is 1. The number of aromatic nitrogens is 1. The number of anilines is 1. The Morgan fingerprint density at radius 3 is 2.62 bits per heavy atom. The summed E-state index contributed by atoms with van der Waals surface area (Å²) in [6.07, 6.45) is 3.60. The van der Waals surface area contributed by atoms with Gasteiger partial charge in [-0.15, -0.1) is 0 Å². The minimum atomic E-state index is 0.0253. The Labute approximate surface area is 176 Å². The van der Waals surface area contributed by atoms with Crippen LogP contribution in [0.2, 0.25) is 5.02 Å². The van der Waals surface area contributed by atoms with Crippen molar-refractivity contribution in [2.75, 3.05) is 25.0 Å². The summed E-state index contributed by atoms with van der Waals surface area (Å²) >= 11 is 6.12. The molecule has 0 aliphatic carbocycles. The summed E-state index contributed by atoms with van der Waals surface area (Å²) in [5, 5.41) is 3.66. The third-order valence-corrected chi connectivity index (χ3v) is 5.18. The normalized spacial score (nSPS) is 16.1. The molecule has 29 heavy (non-hydrogen) atoms. The number of halogens is 1. The lowest BCUT2D eigenvalue weighted by Crippen LogP contribution is -2.44. The van der Waals surface area contributed by atoms with E-state index in [9.17, 15) is 4.79 Å². The minimum absolute atomic E-state index is 0.0253. The minimum Gasteiger partial charge on any atom is -0.356 e. The van der Waals surface area contributed by atoms with Crippen molar-refractivity contribution in [1.29, 1.82) is 0 Å². The third kappa shape index (κ3) is 5.41. The van der Waals surface area contributed by atoms with Gasteiger partial charge in [0, 0.05) is 55.4 Å². The second-order valence-corrected chi connectivity index (χ2v) is 7.53. The number of hydrogen-bond acceptors (Lipinski definition) is 4. The second kappa shape index (κ2) is 9.65. The molecular weight excluding hydrogens is 386 g/mol. The molecule has 1 aliphatic heterocycles. The first kappa shape index (κ1) is 21.0. The van der Waals surface area contributed by atoms with Crippen LogP contribution in [0.3, 0.4) is 0 Å². The first-order valence-electron chi connectivity index (χ1n) is 9.73. The van der Waals surface area contributed by atoms with Crippen LogP contribution in [0, 0.1) is 0 Å². The van der Waals surface area contributed by atoms with Crippen LogP contribution in [0.5, 0.6) is 0 Å². The van der Waals surface area contributed by atoms with Crippen LogP contribution in [0.15, 0.2) is 52.6 Å². The molecule has 6 nitrogen and oxygen atoms in total. The number of hydrogen-bond donors (Lipinski definition) is 1. The average molecular weight is 412 g/mol. The molecule has 2 heterocycles. The molecular formula is C22H26ClN5O. The van der Waals surface area contributed by atoms with Gasteiger partial charge in [0.25, 0.3) is 0 Å².